The molecule has 0 unspecified atom stereocenters. The van der Waals surface area contributed by atoms with E-state index in [0.29, 0.717) is 0 Å². The van der Waals surface area contributed by atoms with Gasteiger partial charge in [-0.2, -0.15) is 0 Å². The Balaban J connectivity index is 1.14. The van der Waals surface area contributed by atoms with Gasteiger partial charge in [0.25, 0.3) is 0 Å². The summed E-state index contributed by atoms with van der Waals surface area (Å²) in [7, 11) is 0. The molecule has 6 aromatic heterocycles. The third kappa shape index (κ3) is 5.82. The van der Waals surface area contributed by atoms with Crippen LogP contribution < -0.4 is 0 Å². The molecule has 0 N–H and O–H groups in total. The Bertz CT molecular complexity index is 4290. The van der Waals surface area contributed by atoms with Crippen molar-refractivity contribution in [2.24, 2.45) is 10.8 Å². The number of hydrogen-bond acceptors (Lipinski definition) is 2. The van der Waals surface area contributed by atoms with Crippen LogP contribution in [0, 0.1) is 10.8 Å². The molecule has 2 bridgehead atoms. The van der Waals surface area contributed by atoms with Gasteiger partial charge in [-0.3, -0.25) is 9.97 Å². The van der Waals surface area contributed by atoms with E-state index in [2.05, 4.69) is 177 Å². The lowest BCUT2D eigenvalue weighted by atomic mass is 9.62. The maximum Gasteiger partial charge on any atom is 0.0728 e. The minimum atomic E-state index is -0.0807. The highest BCUT2D eigenvalue weighted by Gasteiger charge is 2.55. The van der Waals surface area contributed by atoms with Crippen molar-refractivity contribution in [3.8, 4) is 0 Å². The highest BCUT2D eigenvalue weighted by atomic mass is 15.0. The van der Waals surface area contributed by atoms with Gasteiger partial charge in [-0.1, -0.05) is 164 Å². The standard InChI is InChI=1S/C72H76N4/c1-67(2,3)34-49-56-46-31-40(70(10,11)12)33-48-58-52(37-74-66-60(58)71(26-20-21-27-71)38-72(66)28-18-13-19-29-72)76(63(46)48)65(56)50(35-68(4,5)6)55-45-30-39(69(7,8)9)32-47-57-51(75(62(45)47)64(49)55)36-73-61-54-43-24-16-14-22-41(43)53(59(57)61)42-23-15-17-25-44(42)54/h14-17,22-25,30-33,36-37,53-54H,13,18-21,26-29,34-35,38H2,1-12H3. The fourth-order valence-corrected chi connectivity index (χ4v) is 17.7. The molecule has 6 aliphatic carbocycles. The number of benzene rings is 5. The van der Waals surface area contributed by atoms with Gasteiger partial charge in [0.05, 0.1) is 62.8 Å². The van der Waals surface area contributed by atoms with Gasteiger partial charge in [0, 0.05) is 54.4 Å². The predicted octanol–water partition coefficient (Wildman–Crippen LogP) is 19.0. The molecule has 6 aliphatic rings. The number of pyridine rings is 2. The Morgan fingerprint density at radius 1 is 0.474 bits per heavy atom. The van der Waals surface area contributed by atoms with Crippen molar-refractivity contribution in [1.82, 2.24) is 18.8 Å². The first-order valence-corrected chi connectivity index (χ1v) is 29.6. The molecular formula is C72H76N4. The molecule has 17 rings (SSSR count). The predicted molar refractivity (Wildman–Crippen MR) is 319 cm³/mol. The molecule has 0 radical (unpaired) electrons. The van der Waals surface area contributed by atoms with Gasteiger partial charge in [0.1, 0.15) is 0 Å². The molecule has 2 fully saturated rings. The van der Waals surface area contributed by atoms with E-state index in [1.54, 1.807) is 10.9 Å². The van der Waals surface area contributed by atoms with Crippen LogP contribution in [0.2, 0.25) is 0 Å². The minimum absolute atomic E-state index is 0.00197. The van der Waals surface area contributed by atoms with Crippen LogP contribution >= 0.6 is 0 Å². The van der Waals surface area contributed by atoms with Gasteiger partial charge >= 0.3 is 0 Å². The maximum atomic E-state index is 5.89. The summed E-state index contributed by atoms with van der Waals surface area (Å²) < 4.78 is 5.61. The summed E-state index contributed by atoms with van der Waals surface area (Å²) in [5, 5.41) is 11.6. The second-order valence-corrected chi connectivity index (χ2v) is 30.1. The lowest BCUT2D eigenvalue weighted by molar-refractivity contribution is 0.240. The van der Waals surface area contributed by atoms with Crippen molar-refractivity contribution in [3.63, 3.8) is 0 Å². The average Bonchev–Trinajstić information content (AvgIpc) is 4.33. The molecule has 6 heterocycles. The summed E-state index contributed by atoms with van der Waals surface area (Å²) in [5.41, 5.74) is 25.9. The molecule has 11 aromatic rings. The number of aromatic nitrogens is 4. The normalized spacial score (nSPS) is 20.2. The van der Waals surface area contributed by atoms with Crippen molar-refractivity contribution in [3.05, 3.63) is 152 Å². The van der Waals surface area contributed by atoms with Crippen LogP contribution in [0.1, 0.15) is 226 Å². The first-order chi connectivity index (χ1) is 36.2. The van der Waals surface area contributed by atoms with Crippen LogP contribution in [0.4, 0.5) is 0 Å². The number of nitrogens with zero attached hydrogens (tertiary/aromatic N) is 4. The van der Waals surface area contributed by atoms with E-state index < -0.39 is 0 Å². The molecule has 4 heteroatoms. The van der Waals surface area contributed by atoms with E-state index in [1.807, 2.05) is 0 Å². The minimum Gasteiger partial charge on any atom is -0.306 e. The van der Waals surface area contributed by atoms with Crippen LogP contribution in [0.3, 0.4) is 0 Å². The molecular weight excluding hydrogens is 921 g/mol. The third-order valence-corrected chi connectivity index (χ3v) is 20.5. The topological polar surface area (TPSA) is 34.6 Å². The zero-order valence-corrected chi connectivity index (χ0v) is 47.5. The Morgan fingerprint density at radius 2 is 0.895 bits per heavy atom. The molecule has 5 aromatic carbocycles. The zero-order valence-electron chi connectivity index (χ0n) is 47.5. The van der Waals surface area contributed by atoms with Gasteiger partial charge in [0.15, 0.2) is 0 Å². The highest BCUT2D eigenvalue weighted by Crippen LogP contribution is 2.64. The van der Waals surface area contributed by atoms with Gasteiger partial charge in [-0.25, -0.2) is 0 Å². The summed E-state index contributed by atoms with van der Waals surface area (Å²) in [5.74, 6) is 0.233. The molecule has 0 atom stereocenters. The lowest BCUT2D eigenvalue weighted by Gasteiger charge is -2.41. The quantitative estimate of drug-likeness (QED) is 0.173. The van der Waals surface area contributed by atoms with Crippen molar-refractivity contribution < 1.29 is 0 Å². The summed E-state index contributed by atoms with van der Waals surface area (Å²) >= 11 is 0. The first-order valence-electron chi connectivity index (χ1n) is 29.6. The van der Waals surface area contributed by atoms with Crippen molar-refractivity contribution >= 4 is 76.2 Å². The van der Waals surface area contributed by atoms with Gasteiger partial charge in [-0.15, -0.1) is 0 Å². The van der Waals surface area contributed by atoms with Crippen LogP contribution in [-0.2, 0) is 34.5 Å². The number of fused-ring (bicyclic) bond motifs is 16. The molecule has 0 saturated heterocycles. The number of rotatable bonds is 2. The van der Waals surface area contributed by atoms with E-state index in [0.717, 1.165) is 12.8 Å². The molecule has 2 saturated carbocycles. The van der Waals surface area contributed by atoms with Crippen LogP contribution in [0.5, 0.6) is 0 Å². The van der Waals surface area contributed by atoms with Crippen molar-refractivity contribution in [1.29, 1.82) is 0 Å². The van der Waals surface area contributed by atoms with E-state index in [-0.39, 0.29) is 44.3 Å². The lowest BCUT2D eigenvalue weighted by Crippen LogP contribution is -2.30. The Hall–Kier alpha value is -6.00. The largest absolute Gasteiger partial charge is 0.306 e. The Kier molecular flexibility index (Phi) is 8.84. The van der Waals surface area contributed by atoms with E-state index in [1.165, 1.54) is 196 Å². The van der Waals surface area contributed by atoms with E-state index in [9.17, 15) is 0 Å². The summed E-state index contributed by atoms with van der Waals surface area (Å²) in [4.78, 5) is 11.6. The van der Waals surface area contributed by atoms with Crippen LogP contribution in [-0.4, -0.2) is 18.8 Å². The Labute approximate surface area is 449 Å². The van der Waals surface area contributed by atoms with Gasteiger partial charge in [-0.05, 0) is 152 Å². The van der Waals surface area contributed by atoms with E-state index in [4.69, 9.17) is 9.97 Å². The molecule has 0 amide bonds. The van der Waals surface area contributed by atoms with Crippen LogP contribution in [0.15, 0.2) is 85.2 Å². The molecule has 4 nitrogen and oxygen atoms in total. The van der Waals surface area contributed by atoms with Gasteiger partial charge < -0.3 is 8.80 Å². The first kappa shape index (κ1) is 46.1. The van der Waals surface area contributed by atoms with E-state index >= 15 is 0 Å². The van der Waals surface area contributed by atoms with Crippen molar-refractivity contribution in [2.75, 3.05) is 0 Å². The second-order valence-electron chi connectivity index (χ2n) is 30.1. The molecule has 0 aliphatic heterocycles. The zero-order chi connectivity index (χ0) is 52.1. The number of hydrogen-bond donors (Lipinski definition) is 0. The summed E-state index contributed by atoms with van der Waals surface area (Å²) in [6.07, 6.45) is 19.8. The monoisotopic (exact) mass is 997 g/mol. The SMILES string of the molecule is CC(C)(C)Cc1c2c3cc(C(C)(C)C)cc4c5c6c(ncc5n(c2c(CC(C)(C)C)c2c5cc(C(C)(C)C)cc7c8c9c(ncc8n(c12)c75)C1(CCCCC1)CC91CCCC1)c43)C1c2ccccc2C6c2ccccc21. The third-order valence-electron chi connectivity index (χ3n) is 20.5. The van der Waals surface area contributed by atoms with Gasteiger partial charge in [0.2, 0.25) is 0 Å². The summed E-state index contributed by atoms with van der Waals surface area (Å²) in [6, 6.07) is 29.2. The fraction of sp³-hybridized carbons (Fsp3) is 0.444. The Morgan fingerprint density at radius 3 is 1.38 bits per heavy atom. The average molecular weight is 997 g/mol. The smallest absolute Gasteiger partial charge is 0.0728 e. The maximum absolute atomic E-state index is 5.89. The van der Waals surface area contributed by atoms with Crippen LogP contribution in [0.25, 0.3) is 76.2 Å². The summed E-state index contributed by atoms with van der Waals surface area (Å²) in [6.45, 7) is 29.5. The molecule has 384 valence electrons. The molecule has 76 heavy (non-hydrogen) atoms. The molecule has 2 spiro atoms. The van der Waals surface area contributed by atoms with Crippen molar-refractivity contribution in [2.45, 2.75) is 194 Å². The highest BCUT2D eigenvalue weighted by molar-refractivity contribution is 6.32. The second kappa shape index (κ2) is 14.6. The fourth-order valence-electron chi connectivity index (χ4n) is 17.7.